The molecule has 0 unspecified atom stereocenters. The Bertz CT molecular complexity index is 2770. The Balaban J connectivity index is 1.23. The molecule has 330 valence electrons. The van der Waals surface area contributed by atoms with Crippen LogP contribution < -0.4 is 45.1 Å². The van der Waals surface area contributed by atoms with Crippen molar-refractivity contribution in [1.29, 1.82) is 0 Å². The number of aromatic nitrogens is 2. The molecule has 2 aliphatic rings. The van der Waals surface area contributed by atoms with E-state index < -0.39 is 17.3 Å². The highest BCUT2D eigenvalue weighted by molar-refractivity contribution is 6.33. The molecule has 0 saturated carbocycles. The molecular formula is C49H47ClF3N7O4. The molecule has 2 aliphatic heterocycles. The zero-order valence-corrected chi connectivity index (χ0v) is 36.9. The van der Waals surface area contributed by atoms with E-state index in [1.807, 2.05) is 109 Å². The van der Waals surface area contributed by atoms with Crippen molar-refractivity contribution in [2.45, 2.75) is 52.1 Å². The summed E-state index contributed by atoms with van der Waals surface area (Å²) in [7, 11) is 4.81. The zero-order chi connectivity index (χ0) is 45.2. The first-order valence-corrected chi connectivity index (χ1v) is 20.9. The van der Waals surface area contributed by atoms with Crippen molar-refractivity contribution in [3.8, 4) is 34.3 Å². The van der Waals surface area contributed by atoms with Gasteiger partial charge in [0, 0.05) is 43.2 Å². The van der Waals surface area contributed by atoms with E-state index >= 15 is 13.2 Å². The van der Waals surface area contributed by atoms with Crippen molar-refractivity contribution < 1.29 is 32.1 Å². The maximum Gasteiger partial charge on any atom is 0.418 e. The van der Waals surface area contributed by atoms with E-state index in [0.29, 0.717) is 53.8 Å². The lowest BCUT2D eigenvalue weighted by Crippen LogP contribution is -2.49. The predicted octanol–water partition coefficient (Wildman–Crippen LogP) is 9.32. The Labute approximate surface area is 374 Å². The number of hydrogen-bond donors (Lipinski definition) is 2. The number of rotatable bonds is 14. The quantitative estimate of drug-likeness (QED) is 0.110. The number of halogens is 4. The second kappa shape index (κ2) is 18.0. The summed E-state index contributed by atoms with van der Waals surface area (Å²) < 4.78 is 68.2. The van der Waals surface area contributed by atoms with Gasteiger partial charge in [0.15, 0.2) is 0 Å². The predicted molar refractivity (Wildman–Crippen MR) is 242 cm³/mol. The van der Waals surface area contributed by atoms with Crippen LogP contribution in [0, 0.1) is 6.92 Å². The summed E-state index contributed by atoms with van der Waals surface area (Å²) in [5.74, 6) is 3.99. The minimum atomic E-state index is -4.78. The van der Waals surface area contributed by atoms with Crippen molar-refractivity contribution in [3.63, 3.8) is 0 Å². The van der Waals surface area contributed by atoms with Gasteiger partial charge in [0.25, 0.3) is 0 Å². The van der Waals surface area contributed by atoms with Crippen LogP contribution in [-0.2, 0) is 31.3 Å². The van der Waals surface area contributed by atoms with E-state index in [1.165, 1.54) is 25.3 Å². The van der Waals surface area contributed by atoms with E-state index in [4.69, 9.17) is 45.5 Å². The molecule has 0 amide bonds. The largest absolute Gasteiger partial charge is 0.497 e. The SMILES string of the molecule is COc1ccc(CNc2ncccc2C(C)(C)N2C=COc3cc(-c4nc(N(Cc5ccc(OC)cc5)Cc5ccc(OC)cc5)cc(C)c4C(F)(F)F)c(Cl)c4c3=C2NCN=4)cc1. The average Bonchev–Trinajstić information content (AvgIpc) is 3.49. The number of methoxy groups -OCH3 is 3. The minimum absolute atomic E-state index is 0.00985. The van der Waals surface area contributed by atoms with Gasteiger partial charge in [0.2, 0.25) is 0 Å². The maximum absolute atomic E-state index is 15.3. The summed E-state index contributed by atoms with van der Waals surface area (Å²) in [6.45, 7) is 6.79. The summed E-state index contributed by atoms with van der Waals surface area (Å²) in [6.07, 6.45) is 0.240. The highest BCUT2D eigenvalue weighted by Gasteiger charge is 2.39. The molecular weight excluding hydrogens is 843 g/mol. The summed E-state index contributed by atoms with van der Waals surface area (Å²) in [5.41, 5.74) is 1.71. The Morgan fingerprint density at radius 3 is 2.02 bits per heavy atom. The molecule has 6 aromatic rings. The normalized spacial score (nSPS) is 13.2. The molecule has 0 saturated heterocycles. The molecule has 15 heteroatoms. The number of pyridine rings is 2. The third kappa shape index (κ3) is 8.82. The molecule has 0 spiro atoms. The molecule has 0 atom stereocenters. The minimum Gasteiger partial charge on any atom is -0.497 e. The number of ether oxygens (including phenoxy) is 4. The topological polar surface area (TPSA) is 106 Å². The number of alkyl halides is 3. The first-order valence-electron chi connectivity index (χ1n) is 20.5. The second-order valence-corrected chi connectivity index (χ2v) is 16.2. The maximum atomic E-state index is 15.3. The molecule has 0 aliphatic carbocycles. The van der Waals surface area contributed by atoms with Crippen molar-refractivity contribution in [1.82, 2.24) is 20.2 Å². The van der Waals surface area contributed by atoms with Crippen LogP contribution in [0.2, 0.25) is 5.02 Å². The number of anilines is 2. The molecule has 0 bridgehead atoms. The van der Waals surface area contributed by atoms with E-state index in [9.17, 15) is 0 Å². The fourth-order valence-corrected chi connectivity index (χ4v) is 8.34. The van der Waals surface area contributed by atoms with Gasteiger partial charge in [-0.1, -0.05) is 54.1 Å². The number of nitrogens with zero attached hydrogens (tertiary/aromatic N) is 5. The van der Waals surface area contributed by atoms with Gasteiger partial charge in [0.05, 0.1) is 53.7 Å². The fraction of sp³-hybridized carbons (Fsp3) is 0.245. The molecule has 4 aromatic carbocycles. The third-order valence-electron chi connectivity index (χ3n) is 11.4. The van der Waals surface area contributed by atoms with E-state index in [2.05, 4.69) is 10.6 Å². The van der Waals surface area contributed by atoms with Crippen LogP contribution in [0.15, 0.2) is 121 Å². The summed E-state index contributed by atoms with van der Waals surface area (Å²) in [4.78, 5) is 18.2. The van der Waals surface area contributed by atoms with Crippen LogP contribution in [0.3, 0.4) is 0 Å². The number of nitrogens with one attached hydrogen (secondary N) is 2. The van der Waals surface area contributed by atoms with Gasteiger partial charge < -0.3 is 39.4 Å². The molecule has 0 fully saturated rings. The molecule has 2 N–H and O–H groups in total. The van der Waals surface area contributed by atoms with Crippen LogP contribution in [-0.4, -0.2) is 42.9 Å². The van der Waals surface area contributed by atoms with Gasteiger partial charge in [-0.2, -0.15) is 13.2 Å². The Kier molecular flexibility index (Phi) is 12.3. The average molecular weight is 890 g/mol. The number of aryl methyl sites for hydroxylation is 1. The smallest absolute Gasteiger partial charge is 0.418 e. The monoisotopic (exact) mass is 889 g/mol. The third-order valence-corrected chi connectivity index (χ3v) is 11.8. The summed E-state index contributed by atoms with van der Waals surface area (Å²) >= 11 is 7.28. The summed E-state index contributed by atoms with van der Waals surface area (Å²) in [5, 5.41) is 7.68. The van der Waals surface area contributed by atoms with E-state index in [1.54, 1.807) is 33.7 Å². The van der Waals surface area contributed by atoms with Crippen LogP contribution >= 0.6 is 11.6 Å². The van der Waals surface area contributed by atoms with Gasteiger partial charge in [-0.05, 0) is 97.6 Å². The van der Waals surface area contributed by atoms with Crippen molar-refractivity contribution in [2.75, 3.05) is 38.2 Å². The number of hydrogen-bond acceptors (Lipinski definition) is 11. The van der Waals surface area contributed by atoms with Crippen molar-refractivity contribution in [2.24, 2.45) is 4.99 Å². The van der Waals surface area contributed by atoms with Gasteiger partial charge in [-0.25, -0.2) is 9.97 Å². The molecule has 8 rings (SSSR count). The highest BCUT2D eigenvalue weighted by Crippen LogP contribution is 2.43. The number of benzene rings is 4. The Morgan fingerprint density at radius 1 is 0.844 bits per heavy atom. The van der Waals surface area contributed by atoms with Gasteiger partial charge in [-0.3, -0.25) is 4.99 Å². The van der Waals surface area contributed by atoms with Gasteiger partial charge in [-0.15, -0.1) is 0 Å². The van der Waals surface area contributed by atoms with Crippen LogP contribution in [0.1, 0.15) is 47.2 Å². The van der Waals surface area contributed by atoms with E-state index in [-0.39, 0.29) is 39.6 Å². The molecule has 11 nitrogen and oxygen atoms in total. The van der Waals surface area contributed by atoms with Crippen LogP contribution in [0.25, 0.3) is 17.1 Å². The van der Waals surface area contributed by atoms with Crippen molar-refractivity contribution >= 4 is 29.1 Å². The molecule has 4 heterocycles. The van der Waals surface area contributed by atoms with Gasteiger partial charge in [0.1, 0.15) is 53.4 Å². The highest BCUT2D eigenvalue weighted by atomic mass is 35.5. The van der Waals surface area contributed by atoms with Crippen LogP contribution in [0.4, 0.5) is 24.8 Å². The first kappa shape index (κ1) is 43.7. The fourth-order valence-electron chi connectivity index (χ4n) is 8.05. The first-order chi connectivity index (χ1) is 30.8. The molecule has 0 radical (unpaired) electrons. The molecule has 64 heavy (non-hydrogen) atoms. The lowest BCUT2D eigenvalue weighted by atomic mass is 9.92. The Hall–Kier alpha value is -6.93. The summed E-state index contributed by atoms with van der Waals surface area (Å²) in [6, 6.07) is 29.7. The standard InChI is InChI=1S/C49H47ClF3N7O4/c1-30-24-40(59(27-32-11-17-35(62-5)18-12-32)28-33-13-19-36(63-6)20-14-33)58-44(42(30)49(51,52)53)37-25-39-41-45(43(37)50)56-29-57-47(41)60(22-23-64-39)48(2,3)38-8-7-21-54-46(38)55-26-31-9-15-34(61-4)16-10-31/h7-25,57H,26-29H2,1-6H3,(H,54,55). The van der Waals surface area contributed by atoms with E-state index in [0.717, 1.165) is 28.0 Å². The van der Waals surface area contributed by atoms with Crippen molar-refractivity contribution in [3.05, 3.63) is 165 Å². The lowest BCUT2D eigenvalue weighted by molar-refractivity contribution is -0.137. The second-order valence-electron chi connectivity index (χ2n) is 15.8. The van der Waals surface area contributed by atoms with Gasteiger partial charge >= 0.3 is 6.18 Å². The molecule has 2 aromatic heterocycles. The van der Waals surface area contributed by atoms with Crippen LogP contribution in [0.5, 0.6) is 23.0 Å². The zero-order valence-electron chi connectivity index (χ0n) is 36.2. The Morgan fingerprint density at radius 2 is 1.44 bits per heavy atom. The lowest BCUT2D eigenvalue weighted by Gasteiger charge is -2.40.